The minimum absolute atomic E-state index is 0.134. The molecule has 1 unspecified atom stereocenters. The van der Waals surface area contributed by atoms with Gasteiger partial charge in [-0.15, -0.1) is 11.8 Å². The number of methoxy groups -OCH3 is 1. The average molecular weight is 162 g/mol. The molecule has 60 valence electrons. The standard InChI is InChI=1S/C7H14O2S/c1-4-6(2)10-5-7(8)9-3/h6H,4-5H2,1-3H3. The third-order valence-electron chi connectivity index (χ3n) is 1.29. The van der Waals surface area contributed by atoms with Crippen molar-refractivity contribution >= 4 is 17.7 Å². The van der Waals surface area contributed by atoms with Gasteiger partial charge in [0.1, 0.15) is 0 Å². The van der Waals surface area contributed by atoms with Crippen LogP contribution in [-0.2, 0) is 9.53 Å². The van der Waals surface area contributed by atoms with Crippen LogP contribution >= 0.6 is 11.8 Å². The fraction of sp³-hybridized carbons (Fsp3) is 0.857. The summed E-state index contributed by atoms with van der Waals surface area (Å²) in [6.45, 7) is 4.21. The maximum atomic E-state index is 10.6. The Bertz CT molecular complexity index is 104. The highest BCUT2D eigenvalue weighted by molar-refractivity contribution is 8.00. The van der Waals surface area contributed by atoms with Crippen molar-refractivity contribution in [2.45, 2.75) is 25.5 Å². The van der Waals surface area contributed by atoms with E-state index in [9.17, 15) is 4.79 Å². The van der Waals surface area contributed by atoms with Crippen molar-refractivity contribution in [3.8, 4) is 0 Å². The molecule has 0 aromatic carbocycles. The maximum absolute atomic E-state index is 10.6. The minimum atomic E-state index is -0.134. The molecule has 0 heterocycles. The first-order valence-corrected chi connectivity index (χ1v) is 4.44. The summed E-state index contributed by atoms with van der Waals surface area (Å²) in [5, 5.41) is 0.555. The number of carbonyl (C=O) groups excluding carboxylic acids is 1. The molecule has 0 saturated carbocycles. The predicted octanol–water partition coefficient (Wildman–Crippen LogP) is 1.69. The lowest BCUT2D eigenvalue weighted by Gasteiger charge is -2.05. The largest absolute Gasteiger partial charge is 0.468 e. The highest BCUT2D eigenvalue weighted by Gasteiger charge is 2.03. The molecule has 0 aromatic rings. The molecule has 2 nitrogen and oxygen atoms in total. The van der Waals surface area contributed by atoms with Crippen molar-refractivity contribution in [3.63, 3.8) is 0 Å². The average Bonchev–Trinajstić information content (AvgIpc) is 1.99. The van der Waals surface area contributed by atoms with Crippen LogP contribution in [0.3, 0.4) is 0 Å². The Morgan fingerprint density at radius 2 is 2.30 bits per heavy atom. The molecular formula is C7H14O2S. The number of hydrogen-bond donors (Lipinski definition) is 0. The van der Waals surface area contributed by atoms with Gasteiger partial charge in [-0.3, -0.25) is 4.79 Å². The molecule has 1 atom stereocenters. The van der Waals surface area contributed by atoms with E-state index in [0.717, 1.165) is 6.42 Å². The van der Waals surface area contributed by atoms with E-state index in [1.165, 1.54) is 7.11 Å². The Kier molecular flexibility index (Phi) is 5.49. The fourth-order valence-corrected chi connectivity index (χ4v) is 1.16. The number of rotatable bonds is 4. The molecule has 0 N–H and O–H groups in total. The van der Waals surface area contributed by atoms with E-state index in [4.69, 9.17) is 0 Å². The highest BCUT2D eigenvalue weighted by atomic mass is 32.2. The van der Waals surface area contributed by atoms with E-state index < -0.39 is 0 Å². The van der Waals surface area contributed by atoms with Gasteiger partial charge in [-0.2, -0.15) is 0 Å². The Hall–Kier alpha value is -0.180. The van der Waals surface area contributed by atoms with Crippen molar-refractivity contribution in [3.05, 3.63) is 0 Å². The first-order valence-electron chi connectivity index (χ1n) is 3.39. The summed E-state index contributed by atoms with van der Waals surface area (Å²) in [6, 6.07) is 0. The summed E-state index contributed by atoms with van der Waals surface area (Å²) < 4.78 is 4.49. The second-order valence-corrected chi connectivity index (χ2v) is 3.53. The van der Waals surface area contributed by atoms with Gasteiger partial charge in [0.05, 0.1) is 12.9 Å². The van der Waals surface area contributed by atoms with Crippen molar-refractivity contribution in [2.24, 2.45) is 0 Å². The zero-order valence-corrected chi connectivity index (χ0v) is 7.53. The molecule has 0 aliphatic rings. The quantitative estimate of drug-likeness (QED) is 0.588. The van der Waals surface area contributed by atoms with Gasteiger partial charge >= 0.3 is 5.97 Å². The molecule has 0 rings (SSSR count). The van der Waals surface area contributed by atoms with Crippen LogP contribution in [0, 0.1) is 0 Å². The Morgan fingerprint density at radius 1 is 1.70 bits per heavy atom. The maximum Gasteiger partial charge on any atom is 0.315 e. The van der Waals surface area contributed by atoms with Crippen molar-refractivity contribution < 1.29 is 9.53 Å². The first kappa shape index (κ1) is 9.82. The van der Waals surface area contributed by atoms with E-state index in [0.29, 0.717) is 11.0 Å². The Morgan fingerprint density at radius 3 is 2.70 bits per heavy atom. The molecular weight excluding hydrogens is 148 g/mol. The van der Waals surface area contributed by atoms with Crippen molar-refractivity contribution in [1.29, 1.82) is 0 Å². The third kappa shape index (κ3) is 4.68. The Labute approximate surface area is 66.3 Å². The zero-order chi connectivity index (χ0) is 7.98. The Balaban J connectivity index is 3.26. The SMILES string of the molecule is CCC(C)SCC(=O)OC. The topological polar surface area (TPSA) is 26.3 Å². The highest BCUT2D eigenvalue weighted by Crippen LogP contribution is 2.12. The summed E-state index contributed by atoms with van der Waals surface area (Å²) in [6.07, 6.45) is 1.10. The number of esters is 1. The molecule has 0 fully saturated rings. The number of carbonyl (C=O) groups is 1. The van der Waals surface area contributed by atoms with Gasteiger partial charge in [-0.05, 0) is 6.42 Å². The second-order valence-electron chi connectivity index (χ2n) is 2.11. The van der Waals surface area contributed by atoms with Gasteiger partial charge in [0, 0.05) is 5.25 Å². The summed E-state index contributed by atoms with van der Waals surface area (Å²) in [7, 11) is 1.42. The van der Waals surface area contributed by atoms with Gasteiger partial charge in [0.25, 0.3) is 0 Å². The molecule has 0 spiro atoms. The molecule has 3 heteroatoms. The van der Waals surface area contributed by atoms with Crippen LogP contribution in [0.25, 0.3) is 0 Å². The van der Waals surface area contributed by atoms with E-state index in [2.05, 4.69) is 18.6 Å². The molecule has 0 amide bonds. The molecule has 0 aliphatic carbocycles. The van der Waals surface area contributed by atoms with Crippen LogP contribution in [0.2, 0.25) is 0 Å². The van der Waals surface area contributed by atoms with Gasteiger partial charge in [0.2, 0.25) is 0 Å². The van der Waals surface area contributed by atoms with Crippen LogP contribution < -0.4 is 0 Å². The van der Waals surface area contributed by atoms with Gasteiger partial charge < -0.3 is 4.74 Å². The van der Waals surface area contributed by atoms with Gasteiger partial charge in [-0.1, -0.05) is 13.8 Å². The summed E-state index contributed by atoms with van der Waals surface area (Å²) in [5.41, 5.74) is 0. The lowest BCUT2D eigenvalue weighted by atomic mass is 10.4. The van der Waals surface area contributed by atoms with Crippen LogP contribution in [0.4, 0.5) is 0 Å². The zero-order valence-electron chi connectivity index (χ0n) is 6.72. The second kappa shape index (κ2) is 5.59. The lowest BCUT2D eigenvalue weighted by Crippen LogP contribution is -2.06. The first-order chi connectivity index (χ1) is 4.70. The van der Waals surface area contributed by atoms with E-state index >= 15 is 0 Å². The summed E-state index contributed by atoms with van der Waals surface area (Å²) >= 11 is 1.63. The van der Waals surface area contributed by atoms with E-state index in [1.807, 2.05) is 0 Å². The van der Waals surface area contributed by atoms with Crippen LogP contribution in [0.5, 0.6) is 0 Å². The predicted molar refractivity (Wildman–Crippen MR) is 44.2 cm³/mol. The lowest BCUT2D eigenvalue weighted by molar-refractivity contribution is -0.137. The van der Waals surface area contributed by atoms with Crippen LogP contribution in [0.15, 0.2) is 0 Å². The normalized spacial score (nSPS) is 12.7. The minimum Gasteiger partial charge on any atom is -0.468 e. The summed E-state index contributed by atoms with van der Waals surface area (Å²) in [5.74, 6) is 0.344. The van der Waals surface area contributed by atoms with Crippen molar-refractivity contribution in [2.75, 3.05) is 12.9 Å². The van der Waals surface area contributed by atoms with Gasteiger partial charge in [0.15, 0.2) is 0 Å². The molecule has 0 radical (unpaired) electrons. The summed E-state index contributed by atoms with van der Waals surface area (Å²) in [4.78, 5) is 10.6. The molecule has 0 saturated heterocycles. The monoisotopic (exact) mass is 162 g/mol. The van der Waals surface area contributed by atoms with E-state index in [-0.39, 0.29) is 5.97 Å². The van der Waals surface area contributed by atoms with Gasteiger partial charge in [-0.25, -0.2) is 0 Å². The molecule has 0 aromatic heterocycles. The number of ether oxygens (including phenoxy) is 1. The van der Waals surface area contributed by atoms with Crippen LogP contribution in [0.1, 0.15) is 20.3 Å². The number of thioether (sulfide) groups is 1. The molecule has 0 aliphatic heterocycles. The smallest absolute Gasteiger partial charge is 0.315 e. The van der Waals surface area contributed by atoms with Crippen molar-refractivity contribution in [1.82, 2.24) is 0 Å². The van der Waals surface area contributed by atoms with E-state index in [1.54, 1.807) is 11.8 Å². The molecule has 10 heavy (non-hydrogen) atoms. The third-order valence-corrected chi connectivity index (χ3v) is 2.59. The molecule has 0 bridgehead atoms. The number of hydrogen-bond acceptors (Lipinski definition) is 3. The van der Waals surface area contributed by atoms with Crippen LogP contribution in [-0.4, -0.2) is 24.1 Å². The fourth-order valence-electron chi connectivity index (χ4n) is 0.387.